The van der Waals surface area contributed by atoms with E-state index in [9.17, 15) is 0 Å². The third-order valence-electron chi connectivity index (χ3n) is 3.54. The van der Waals surface area contributed by atoms with E-state index in [1.807, 2.05) is 24.0 Å². The number of hydrogen-bond acceptors (Lipinski definition) is 4. The Balaban J connectivity index is 1.63. The first-order chi connectivity index (χ1) is 10.2. The van der Waals surface area contributed by atoms with E-state index < -0.39 is 0 Å². The topological polar surface area (TPSA) is 52.0 Å². The zero-order valence-electron chi connectivity index (χ0n) is 12.7. The van der Waals surface area contributed by atoms with Crippen molar-refractivity contribution in [2.75, 3.05) is 0 Å². The molecule has 5 nitrogen and oxygen atoms in total. The van der Waals surface area contributed by atoms with Crippen LogP contribution in [0.25, 0.3) is 0 Å². The van der Waals surface area contributed by atoms with Gasteiger partial charge in [0.15, 0.2) is 5.75 Å². The molecule has 1 aliphatic rings. The summed E-state index contributed by atoms with van der Waals surface area (Å²) in [5.41, 5.74) is 2.25. The average molecular weight is 286 g/mol. The summed E-state index contributed by atoms with van der Waals surface area (Å²) in [6.45, 7) is 5.94. The molecule has 0 atom stereocenters. The Morgan fingerprint density at radius 1 is 1.38 bits per heavy atom. The van der Waals surface area contributed by atoms with Crippen molar-refractivity contribution in [3.63, 3.8) is 0 Å². The van der Waals surface area contributed by atoms with Crippen molar-refractivity contribution in [1.29, 1.82) is 0 Å². The Labute approximate surface area is 125 Å². The molecule has 1 aliphatic carbocycles. The minimum absolute atomic E-state index is 0.654. The molecule has 2 heterocycles. The Bertz CT molecular complexity index is 604. The highest BCUT2D eigenvalue weighted by molar-refractivity contribution is 5.32. The number of ether oxygens (including phenoxy) is 1. The van der Waals surface area contributed by atoms with Gasteiger partial charge in [0.05, 0.1) is 12.4 Å². The molecular weight excluding hydrogens is 264 g/mol. The smallest absolute Gasteiger partial charge is 0.222 e. The summed E-state index contributed by atoms with van der Waals surface area (Å²) in [7, 11) is 0. The van der Waals surface area contributed by atoms with Gasteiger partial charge in [-0.3, -0.25) is 4.68 Å². The van der Waals surface area contributed by atoms with Gasteiger partial charge < -0.3 is 10.1 Å². The van der Waals surface area contributed by atoms with Gasteiger partial charge in [0, 0.05) is 30.9 Å². The van der Waals surface area contributed by atoms with Crippen LogP contribution in [-0.2, 0) is 13.1 Å². The molecule has 0 spiro atoms. The summed E-state index contributed by atoms with van der Waals surface area (Å²) in [6, 6.07) is 2.85. The highest BCUT2D eigenvalue weighted by Gasteiger charge is 2.20. The van der Waals surface area contributed by atoms with Gasteiger partial charge >= 0.3 is 0 Å². The van der Waals surface area contributed by atoms with E-state index in [1.54, 1.807) is 6.20 Å². The van der Waals surface area contributed by atoms with Crippen LogP contribution in [-0.4, -0.2) is 20.8 Å². The fraction of sp³-hybridized carbons (Fsp3) is 0.500. The molecule has 1 saturated carbocycles. The number of aromatic nitrogens is 3. The number of pyridine rings is 1. The summed E-state index contributed by atoms with van der Waals surface area (Å²) < 4.78 is 7.70. The van der Waals surface area contributed by atoms with Crippen LogP contribution in [0.5, 0.6) is 11.6 Å². The fourth-order valence-corrected chi connectivity index (χ4v) is 2.23. The third kappa shape index (κ3) is 3.82. The first kappa shape index (κ1) is 14.1. The van der Waals surface area contributed by atoms with Crippen molar-refractivity contribution in [3.8, 4) is 11.6 Å². The van der Waals surface area contributed by atoms with Crippen LogP contribution in [0.4, 0.5) is 0 Å². The maximum atomic E-state index is 5.81. The second kappa shape index (κ2) is 6.26. The quantitative estimate of drug-likeness (QED) is 0.850. The van der Waals surface area contributed by atoms with Gasteiger partial charge in [0.25, 0.3) is 0 Å². The predicted molar refractivity (Wildman–Crippen MR) is 81.4 cm³/mol. The van der Waals surface area contributed by atoms with Crippen LogP contribution in [0.15, 0.2) is 24.7 Å². The van der Waals surface area contributed by atoms with Gasteiger partial charge in [-0.15, -0.1) is 0 Å². The van der Waals surface area contributed by atoms with Crippen molar-refractivity contribution >= 4 is 0 Å². The molecule has 0 amide bonds. The second-order valence-corrected chi connectivity index (χ2v) is 5.66. The zero-order chi connectivity index (χ0) is 14.7. The summed E-state index contributed by atoms with van der Waals surface area (Å²) in [5.74, 6) is 1.39. The summed E-state index contributed by atoms with van der Waals surface area (Å²) in [6.07, 6.45) is 9.19. The molecule has 3 rings (SSSR count). The number of nitrogens with zero attached hydrogens (tertiary/aromatic N) is 3. The molecule has 0 unspecified atom stereocenters. The lowest BCUT2D eigenvalue weighted by Crippen LogP contribution is -2.15. The first-order valence-corrected chi connectivity index (χ1v) is 7.64. The van der Waals surface area contributed by atoms with Crippen LogP contribution in [0, 0.1) is 6.92 Å². The molecular formula is C16H22N4O. The van der Waals surface area contributed by atoms with Crippen molar-refractivity contribution in [1.82, 2.24) is 20.1 Å². The molecule has 0 aliphatic heterocycles. The molecule has 0 bridgehead atoms. The van der Waals surface area contributed by atoms with Gasteiger partial charge in [-0.2, -0.15) is 5.10 Å². The summed E-state index contributed by atoms with van der Waals surface area (Å²) >= 11 is 0. The Morgan fingerprint density at radius 3 is 2.95 bits per heavy atom. The zero-order valence-corrected chi connectivity index (χ0v) is 12.7. The standard InChI is InChI=1S/C16H22N4O/c1-3-6-20-11-15(10-19-20)21-16-12(2)7-13(9-18-16)8-17-14-4-5-14/h7,9-11,14,17H,3-6,8H2,1-2H3. The molecule has 0 saturated heterocycles. The van der Waals surface area contributed by atoms with E-state index in [0.717, 1.165) is 30.8 Å². The van der Waals surface area contributed by atoms with Crippen molar-refractivity contribution in [2.24, 2.45) is 0 Å². The molecule has 2 aromatic rings. The number of hydrogen-bond donors (Lipinski definition) is 1. The monoisotopic (exact) mass is 286 g/mol. The molecule has 2 aromatic heterocycles. The highest BCUT2D eigenvalue weighted by atomic mass is 16.5. The Hall–Kier alpha value is -1.88. The summed E-state index contributed by atoms with van der Waals surface area (Å²) in [4.78, 5) is 4.43. The lowest BCUT2D eigenvalue weighted by Gasteiger charge is -2.08. The van der Waals surface area contributed by atoms with Gasteiger partial charge in [-0.1, -0.05) is 6.92 Å². The molecule has 1 N–H and O–H groups in total. The normalized spacial score (nSPS) is 14.4. The predicted octanol–water partition coefficient (Wildman–Crippen LogP) is 3.04. The lowest BCUT2D eigenvalue weighted by molar-refractivity contribution is 0.456. The maximum absolute atomic E-state index is 5.81. The van der Waals surface area contributed by atoms with Crippen molar-refractivity contribution in [3.05, 3.63) is 35.8 Å². The second-order valence-electron chi connectivity index (χ2n) is 5.66. The minimum Gasteiger partial charge on any atom is -0.435 e. The average Bonchev–Trinajstić information content (AvgIpc) is 3.20. The van der Waals surface area contributed by atoms with Crippen LogP contribution in [0.1, 0.15) is 37.3 Å². The van der Waals surface area contributed by atoms with Crippen LogP contribution in [0.2, 0.25) is 0 Å². The molecule has 1 fully saturated rings. The van der Waals surface area contributed by atoms with Crippen LogP contribution < -0.4 is 10.1 Å². The Morgan fingerprint density at radius 2 is 2.24 bits per heavy atom. The number of nitrogens with one attached hydrogen (secondary N) is 1. The van der Waals surface area contributed by atoms with E-state index in [-0.39, 0.29) is 0 Å². The van der Waals surface area contributed by atoms with E-state index in [4.69, 9.17) is 4.74 Å². The molecule has 0 aromatic carbocycles. The molecule has 5 heteroatoms. The number of aryl methyl sites for hydroxylation is 2. The minimum atomic E-state index is 0.654. The van der Waals surface area contributed by atoms with E-state index in [0.29, 0.717) is 11.9 Å². The van der Waals surface area contributed by atoms with Crippen LogP contribution >= 0.6 is 0 Å². The lowest BCUT2D eigenvalue weighted by atomic mass is 10.2. The highest BCUT2D eigenvalue weighted by Crippen LogP contribution is 2.23. The number of rotatable bonds is 7. The van der Waals surface area contributed by atoms with E-state index >= 15 is 0 Å². The van der Waals surface area contributed by atoms with Gasteiger partial charge in [-0.05, 0) is 37.8 Å². The van der Waals surface area contributed by atoms with E-state index in [2.05, 4.69) is 28.4 Å². The van der Waals surface area contributed by atoms with Crippen molar-refractivity contribution in [2.45, 2.75) is 52.2 Å². The first-order valence-electron chi connectivity index (χ1n) is 7.64. The fourth-order valence-electron chi connectivity index (χ4n) is 2.23. The molecule has 21 heavy (non-hydrogen) atoms. The molecule has 112 valence electrons. The van der Waals surface area contributed by atoms with Gasteiger partial charge in [-0.25, -0.2) is 4.98 Å². The third-order valence-corrected chi connectivity index (χ3v) is 3.54. The van der Waals surface area contributed by atoms with Gasteiger partial charge in [0.2, 0.25) is 5.88 Å². The van der Waals surface area contributed by atoms with E-state index in [1.165, 1.54) is 18.4 Å². The van der Waals surface area contributed by atoms with Gasteiger partial charge in [0.1, 0.15) is 0 Å². The largest absolute Gasteiger partial charge is 0.435 e. The van der Waals surface area contributed by atoms with Crippen LogP contribution in [0.3, 0.4) is 0 Å². The summed E-state index contributed by atoms with van der Waals surface area (Å²) in [5, 5.41) is 7.75. The Kier molecular flexibility index (Phi) is 4.20. The van der Waals surface area contributed by atoms with Crippen molar-refractivity contribution < 1.29 is 4.74 Å². The molecule has 0 radical (unpaired) electrons. The maximum Gasteiger partial charge on any atom is 0.222 e. The SMILES string of the molecule is CCCn1cc(Oc2ncc(CNC3CC3)cc2C)cn1.